The van der Waals surface area contributed by atoms with Crippen LogP contribution in [0.3, 0.4) is 0 Å². The number of aryl methyl sites for hydroxylation is 1. The third-order valence-electron chi connectivity index (χ3n) is 3.89. The zero-order chi connectivity index (χ0) is 18.5. The van der Waals surface area contributed by atoms with Gasteiger partial charge in [0.05, 0.1) is 23.0 Å². The highest BCUT2D eigenvalue weighted by Gasteiger charge is 2.14. The summed E-state index contributed by atoms with van der Waals surface area (Å²) in [6.07, 6.45) is 0.182. The molecule has 3 rings (SSSR count). The number of hydrogen-bond donors (Lipinski definition) is 2. The minimum Gasteiger partial charge on any atom is -0.349 e. The van der Waals surface area contributed by atoms with Gasteiger partial charge in [0.2, 0.25) is 5.91 Å². The fourth-order valence-electron chi connectivity index (χ4n) is 2.62. The van der Waals surface area contributed by atoms with E-state index in [0.717, 1.165) is 11.1 Å². The number of nitrogens with one attached hydrogen (secondary N) is 2. The molecule has 0 aliphatic carbocycles. The Bertz CT molecular complexity index is 903. The molecule has 0 aliphatic rings. The van der Waals surface area contributed by atoms with Crippen LogP contribution in [0.5, 0.6) is 0 Å². The van der Waals surface area contributed by atoms with E-state index in [2.05, 4.69) is 15.6 Å². The highest BCUT2D eigenvalue weighted by atomic mass is 32.1. The summed E-state index contributed by atoms with van der Waals surface area (Å²) in [7, 11) is 0. The summed E-state index contributed by atoms with van der Waals surface area (Å²) in [6, 6.07) is 11.5. The van der Waals surface area contributed by atoms with Gasteiger partial charge in [-0.3, -0.25) is 14.9 Å². The Hall–Kier alpha value is -2.51. The summed E-state index contributed by atoms with van der Waals surface area (Å²) in [5.74, 6) is -0.277. The van der Waals surface area contributed by atoms with Crippen molar-refractivity contribution in [2.45, 2.75) is 26.3 Å². The van der Waals surface area contributed by atoms with Crippen LogP contribution in [-0.2, 0) is 11.2 Å². The monoisotopic (exact) mass is 385 g/mol. The second-order valence-corrected chi connectivity index (χ2v) is 7.70. The number of carbonyl (C=O) groups is 2. The summed E-state index contributed by atoms with van der Waals surface area (Å²) in [5.41, 5.74) is 2.89. The van der Waals surface area contributed by atoms with Gasteiger partial charge in [0.25, 0.3) is 5.91 Å². The first-order valence-corrected chi connectivity index (χ1v) is 9.93. The van der Waals surface area contributed by atoms with Crippen molar-refractivity contribution in [2.24, 2.45) is 0 Å². The van der Waals surface area contributed by atoms with E-state index < -0.39 is 0 Å². The molecule has 26 heavy (non-hydrogen) atoms. The number of aromatic nitrogens is 1. The number of benzene rings is 1. The van der Waals surface area contributed by atoms with Crippen LogP contribution in [-0.4, -0.2) is 16.8 Å². The first-order chi connectivity index (χ1) is 12.5. The van der Waals surface area contributed by atoms with Crippen LogP contribution in [0.15, 0.2) is 47.2 Å². The molecule has 0 radical (unpaired) electrons. The topological polar surface area (TPSA) is 71.1 Å². The highest BCUT2D eigenvalue weighted by molar-refractivity contribution is 7.14. The van der Waals surface area contributed by atoms with Crippen molar-refractivity contribution in [3.05, 3.63) is 68.9 Å². The Morgan fingerprint density at radius 3 is 2.69 bits per heavy atom. The minimum absolute atomic E-state index is 0.0691. The van der Waals surface area contributed by atoms with E-state index in [0.29, 0.717) is 15.7 Å². The van der Waals surface area contributed by atoms with E-state index in [1.165, 1.54) is 22.7 Å². The lowest BCUT2D eigenvalue weighted by atomic mass is 10.0. The van der Waals surface area contributed by atoms with Crippen molar-refractivity contribution in [1.29, 1.82) is 0 Å². The van der Waals surface area contributed by atoms with E-state index in [1.54, 1.807) is 11.4 Å². The van der Waals surface area contributed by atoms with Crippen molar-refractivity contribution < 1.29 is 9.59 Å². The molecule has 0 fully saturated rings. The first-order valence-electron chi connectivity index (χ1n) is 8.17. The van der Waals surface area contributed by atoms with Crippen LogP contribution in [0, 0.1) is 6.92 Å². The van der Waals surface area contributed by atoms with E-state index >= 15 is 0 Å². The minimum atomic E-state index is -0.182. The van der Waals surface area contributed by atoms with E-state index in [-0.39, 0.29) is 24.3 Å². The van der Waals surface area contributed by atoms with E-state index in [4.69, 9.17) is 0 Å². The Morgan fingerprint density at radius 1 is 1.15 bits per heavy atom. The van der Waals surface area contributed by atoms with Gasteiger partial charge in [0.1, 0.15) is 0 Å². The standard InChI is InChI=1S/C19H19N3O2S2/c1-12-6-3-4-7-15(12)13(2)20-17(23)10-14-11-26-19(21-14)22-18(24)16-8-5-9-25-16/h3-9,11,13H,10H2,1-2H3,(H,20,23)(H,21,22,24)/t13-/m1/s1. The Balaban J connectivity index is 1.56. The van der Waals surface area contributed by atoms with Gasteiger partial charge in [-0.15, -0.1) is 22.7 Å². The van der Waals surface area contributed by atoms with Gasteiger partial charge in [0, 0.05) is 5.38 Å². The second kappa shape index (κ2) is 8.25. The van der Waals surface area contributed by atoms with Crippen LogP contribution in [0.2, 0.25) is 0 Å². The van der Waals surface area contributed by atoms with Crippen molar-refractivity contribution in [1.82, 2.24) is 10.3 Å². The van der Waals surface area contributed by atoms with Crippen molar-refractivity contribution >= 4 is 39.6 Å². The lowest BCUT2D eigenvalue weighted by molar-refractivity contribution is -0.121. The maximum atomic E-state index is 12.3. The Morgan fingerprint density at radius 2 is 1.96 bits per heavy atom. The number of rotatable bonds is 6. The summed E-state index contributed by atoms with van der Waals surface area (Å²) >= 11 is 2.69. The largest absolute Gasteiger partial charge is 0.349 e. The molecule has 7 heteroatoms. The Kier molecular flexibility index (Phi) is 5.80. The fourth-order valence-corrected chi connectivity index (χ4v) is 3.94. The van der Waals surface area contributed by atoms with Gasteiger partial charge in [-0.25, -0.2) is 4.98 Å². The average molecular weight is 386 g/mol. The smallest absolute Gasteiger partial charge is 0.267 e. The lowest BCUT2D eigenvalue weighted by Gasteiger charge is -2.16. The molecule has 0 saturated carbocycles. The molecule has 0 unspecified atom stereocenters. The average Bonchev–Trinajstić information content (AvgIpc) is 3.27. The number of anilines is 1. The molecular formula is C19H19N3O2S2. The van der Waals surface area contributed by atoms with Gasteiger partial charge >= 0.3 is 0 Å². The quantitative estimate of drug-likeness (QED) is 0.668. The Labute approximate surface area is 160 Å². The maximum absolute atomic E-state index is 12.3. The lowest BCUT2D eigenvalue weighted by Crippen LogP contribution is -2.28. The van der Waals surface area contributed by atoms with Crippen LogP contribution in [0.25, 0.3) is 0 Å². The van der Waals surface area contributed by atoms with E-state index in [9.17, 15) is 9.59 Å². The second-order valence-electron chi connectivity index (χ2n) is 5.90. The first kappa shape index (κ1) is 18.3. The number of thiophene rings is 1. The zero-order valence-electron chi connectivity index (χ0n) is 14.5. The molecule has 3 aromatic rings. The van der Waals surface area contributed by atoms with Gasteiger partial charge in [0.15, 0.2) is 5.13 Å². The molecule has 0 spiro atoms. The summed E-state index contributed by atoms with van der Waals surface area (Å²) < 4.78 is 0. The van der Waals surface area contributed by atoms with Gasteiger partial charge < -0.3 is 5.32 Å². The summed E-state index contributed by atoms with van der Waals surface area (Å²) in [6.45, 7) is 3.99. The molecule has 2 N–H and O–H groups in total. The number of hydrogen-bond acceptors (Lipinski definition) is 5. The summed E-state index contributed by atoms with van der Waals surface area (Å²) in [5, 5.41) is 9.90. The normalized spacial score (nSPS) is 11.8. The zero-order valence-corrected chi connectivity index (χ0v) is 16.1. The molecule has 5 nitrogen and oxygen atoms in total. The number of nitrogens with zero attached hydrogens (tertiary/aromatic N) is 1. The van der Waals surface area contributed by atoms with Gasteiger partial charge in [-0.2, -0.15) is 0 Å². The molecule has 0 bridgehead atoms. The van der Waals surface area contributed by atoms with E-state index in [1.807, 2.05) is 49.6 Å². The number of thiazole rings is 1. The molecular weight excluding hydrogens is 366 g/mol. The predicted octanol–water partition coefficient (Wildman–Crippen LogP) is 4.19. The molecule has 1 atom stereocenters. The van der Waals surface area contributed by atoms with Crippen LogP contribution >= 0.6 is 22.7 Å². The van der Waals surface area contributed by atoms with Crippen LogP contribution < -0.4 is 10.6 Å². The van der Waals surface area contributed by atoms with Crippen LogP contribution in [0.4, 0.5) is 5.13 Å². The van der Waals surface area contributed by atoms with Crippen molar-refractivity contribution in [3.8, 4) is 0 Å². The van der Waals surface area contributed by atoms with Gasteiger partial charge in [-0.1, -0.05) is 30.3 Å². The van der Waals surface area contributed by atoms with Crippen LogP contribution in [0.1, 0.15) is 39.5 Å². The predicted molar refractivity (Wildman–Crippen MR) is 106 cm³/mol. The molecule has 2 aromatic heterocycles. The third-order valence-corrected chi connectivity index (χ3v) is 5.57. The highest BCUT2D eigenvalue weighted by Crippen LogP contribution is 2.20. The molecule has 0 aliphatic heterocycles. The summed E-state index contributed by atoms with van der Waals surface area (Å²) in [4.78, 5) is 29.3. The third kappa shape index (κ3) is 4.56. The van der Waals surface area contributed by atoms with Crippen molar-refractivity contribution in [2.75, 3.05) is 5.32 Å². The van der Waals surface area contributed by atoms with Crippen molar-refractivity contribution in [3.63, 3.8) is 0 Å². The number of amides is 2. The molecule has 0 saturated heterocycles. The van der Waals surface area contributed by atoms with Gasteiger partial charge in [-0.05, 0) is 36.4 Å². The number of carbonyl (C=O) groups excluding carboxylic acids is 2. The fraction of sp³-hybridized carbons (Fsp3) is 0.211. The maximum Gasteiger partial charge on any atom is 0.267 e. The molecule has 134 valence electrons. The SMILES string of the molecule is Cc1ccccc1[C@@H](C)NC(=O)Cc1csc(NC(=O)c2cccs2)n1. The molecule has 2 heterocycles. The molecule has 2 amide bonds. The molecule has 1 aromatic carbocycles.